The van der Waals surface area contributed by atoms with Crippen LogP contribution in [-0.2, 0) is 6.54 Å². The first-order valence-electron chi connectivity index (χ1n) is 5.96. The van der Waals surface area contributed by atoms with E-state index in [0.717, 1.165) is 19.5 Å². The van der Waals surface area contributed by atoms with Crippen molar-refractivity contribution in [1.82, 2.24) is 15.1 Å². The van der Waals surface area contributed by atoms with E-state index < -0.39 is 0 Å². The summed E-state index contributed by atoms with van der Waals surface area (Å²) in [4.78, 5) is 0. The first-order chi connectivity index (χ1) is 7.20. The van der Waals surface area contributed by atoms with Crippen molar-refractivity contribution in [3.63, 3.8) is 0 Å². The molecule has 1 heterocycles. The van der Waals surface area contributed by atoms with E-state index >= 15 is 0 Å². The molecule has 0 saturated heterocycles. The number of aryl methyl sites for hydroxylation is 1. The maximum atomic E-state index is 4.41. The first-order valence-corrected chi connectivity index (χ1v) is 5.96. The van der Waals surface area contributed by atoms with Gasteiger partial charge in [-0.15, -0.1) is 0 Å². The van der Waals surface area contributed by atoms with Gasteiger partial charge >= 0.3 is 0 Å². The molecule has 1 unspecified atom stereocenters. The third-order valence-electron chi connectivity index (χ3n) is 2.74. The van der Waals surface area contributed by atoms with Crippen LogP contribution in [0.3, 0.4) is 0 Å². The molecule has 3 heteroatoms. The molecule has 1 N–H and O–H groups in total. The number of aromatic nitrogens is 2. The van der Waals surface area contributed by atoms with Crippen molar-refractivity contribution < 1.29 is 0 Å². The Kier molecular flexibility index (Phi) is 4.82. The van der Waals surface area contributed by atoms with Crippen molar-refractivity contribution in [2.24, 2.45) is 0 Å². The molecule has 0 spiro atoms. The van der Waals surface area contributed by atoms with Crippen LogP contribution >= 0.6 is 0 Å². The summed E-state index contributed by atoms with van der Waals surface area (Å²) in [5.74, 6) is 0. The maximum absolute atomic E-state index is 4.41. The van der Waals surface area contributed by atoms with Gasteiger partial charge < -0.3 is 5.32 Å². The Morgan fingerprint density at radius 2 is 2.13 bits per heavy atom. The minimum atomic E-state index is 0.413. The Hall–Kier alpha value is -0.830. The molecule has 1 aromatic rings. The Balaban J connectivity index is 2.68. The van der Waals surface area contributed by atoms with Gasteiger partial charge in [0.1, 0.15) is 0 Å². The van der Waals surface area contributed by atoms with Crippen LogP contribution in [-0.4, -0.2) is 16.3 Å². The second-order valence-electron chi connectivity index (χ2n) is 4.08. The zero-order chi connectivity index (χ0) is 11.3. The molecule has 1 atom stereocenters. The highest BCUT2D eigenvalue weighted by Crippen LogP contribution is 2.16. The third-order valence-corrected chi connectivity index (χ3v) is 2.74. The first kappa shape index (κ1) is 12.2. The molecule has 0 aliphatic heterocycles. The third kappa shape index (κ3) is 3.06. The lowest BCUT2D eigenvalue weighted by Gasteiger charge is -2.13. The van der Waals surface area contributed by atoms with Gasteiger partial charge in [-0.25, -0.2) is 0 Å². The summed E-state index contributed by atoms with van der Waals surface area (Å²) < 4.78 is 2.10. The fourth-order valence-corrected chi connectivity index (χ4v) is 1.79. The molecule has 0 amide bonds. The number of nitrogens with zero attached hydrogens (tertiary/aromatic N) is 2. The Morgan fingerprint density at radius 1 is 1.40 bits per heavy atom. The molecule has 0 fully saturated rings. The van der Waals surface area contributed by atoms with Gasteiger partial charge in [-0.2, -0.15) is 5.10 Å². The predicted molar refractivity (Wildman–Crippen MR) is 64.0 cm³/mol. The van der Waals surface area contributed by atoms with Crippen molar-refractivity contribution in [2.45, 2.75) is 53.1 Å². The Bertz CT molecular complexity index is 291. The van der Waals surface area contributed by atoms with Gasteiger partial charge in [0.15, 0.2) is 0 Å². The van der Waals surface area contributed by atoms with E-state index in [2.05, 4.69) is 42.8 Å². The van der Waals surface area contributed by atoms with E-state index in [1.165, 1.54) is 17.7 Å². The lowest BCUT2D eigenvalue weighted by molar-refractivity contribution is 0.558. The summed E-state index contributed by atoms with van der Waals surface area (Å²) in [6.07, 6.45) is 4.31. The number of rotatable bonds is 6. The second kappa shape index (κ2) is 5.91. The highest BCUT2D eigenvalue weighted by Gasteiger charge is 2.11. The van der Waals surface area contributed by atoms with Crippen LogP contribution in [0.5, 0.6) is 0 Å². The summed E-state index contributed by atoms with van der Waals surface area (Å²) in [5.41, 5.74) is 2.63. The number of nitrogens with one attached hydrogen (secondary N) is 1. The van der Waals surface area contributed by atoms with Crippen LogP contribution in [0.15, 0.2) is 6.20 Å². The summed E-state index contributed by atoms with van der Waals surface area (Å²) in [7, 11) is 0. The molecule has 0 aromatic carbocycles. The van der Waals surface area contributed by atoms with Gasteiger partial charge in [-0.1, -0.05) is 13.8 Å². The van der Waals surface area contributed by atoms with Crippen molar-refractivity contribution >= 4 is 0 Å². The highest BCUT2D eigenvalue weighted by atomic mass is 15.3. The lowest BCUT2D eigenvalue weighted by Crippen LogP contribution is -2.19. The molecular weight excluding hydrogens is 186 g/mol. The summed E-state index contributed by atoms with van der Waals surface area (Å²) in [6.45, 7) is 10.8. The summed E-state index contributed by atoms with van der Waals surface area (Å²) in [5, 5.41) is 7.90. The molecule has 15 heavy (non-hydrogen) atoms. The van der Waals surface area contributed by atoms with Crippen molar-refractivity contribution in [3.8, 4) is 0 Å². The van der Waals surface area contributed by atoms with Gasteiger partial charge in [0.25, 0.3) is 0 Å². The zero-order valence-corrected chi connectivity index (χ0v) is 10.4. The normalized spacial score (nSPS) is 13.1. The fourth-order valence-electron chi connectivity index (χ4n) is 1.79. The van der Waals surface area contributed by atoms with E-state index in [-0.39, 0.29) is 0 Å². The van der Waals surface area contributed by atoms with Crippen molar-refractivity contribution in [2.75, 3.05) is 6.54 Å². The SMILES string of the molecule is CCCNC(C)c1cnn(CCC)c1C. The largest absolute Gasteiger partial charge is 0.310 e. The lowest BCUT2D eigenvalue weighted by atomic mass is 10.1. The maximum Gasteiger partial charge on any atom is 0.0540 e. The molecule has 1 rings (SSSR count). The zero-order valence-electron chi connectivity index (χ0n) is 10.4. The van der Waals surface area contributed by atoms with Crippen LogP contribution in [0.4, 0.5) is 0 Å². The van der Waals surface area contributed by atoms with Crippen molar-refractivity contribution in [1.29, 1.82) is 0 Å². The highest BCUT2D eigenvalue weighted by molar-refractivity contribution is 5.19. The van der Waals surface area contributed by atoms with Crippen molar-refractivity contribution in [3.05, 3.63) is 17.5 Å². The topological polar surface area (TPSA) is 29.9 Å². The Labute approximate surface area is 92.9 Å². The molecule has 0 aliphatic rings. The van der Waals surface area contributed by atoms with Crippen LogP contribution in [0, 0.1) is 6.92 Å². The van der Waals surface area contributed by atoms with Crippen LogP contribution in [0.1, 0.15) is 50.9 Å². The van der Waals surface area contributed by atoms with E-state index in [9.17, 15) is 0 Å². The smallest absolute Gasteiger partial charge is 0.0540 e. The molecule has 0 saturated carbocycles. The minimum Gasteiger partial charge on any atom is -0.310 e. The molecular formula is C12H23N3. The molecule has 1 aromatic heterocycles. The summed E-state index contributed by atoms with van der Waals surface area (Å²) in [6, 6.07) is 0.413. The monoisotopic (exact) mass is 209 g/mol. The van der Waals surface area contributed by atoms with Gasteiger partial charge in [-0.3, -0.25) is 4.68 Å². The summed E-state index contributed by atoms with van der Waals surface area (Å²) >= 11 is 0. The van der Waals surface area contributed by atoms with E-state index in [4.69, 9.17) is 0 Å². The molecule has 0 radical (unpaired) electrons. The van der Waals surface area contributed by atoms with E-state index in [0.29, 0.717) is 6.04 Å². The van der Waals surface area contributed by atoms with Crippen LogP contribution < -0.4 is 5.32 Å². The molecule has 0 bridgehead atoms. The Morgan fingerprint density at radius 3 is 2.73 bits per heavy atom. The average molecular weight is 209 g/mol. The molecule has 0 aliphatic carbocycles. The molecule has 3 nitrogen and oxygen atoms in total. The second-order valence-corrected chi connectivity index (χ2v) is 4.08. The van der Waals surface area contributed by atoms with Gasteiger partial charge in [0.2, 0.25) is 0 Å². The average Bonchev–Trinajstić information content (AvgIpc) is 2.58. The standard InChI is InChI=1S/C12H23N3/c1-5-7-13-10(3)12-9-14-15(8-6-2)11(12)4/h9-10,13H,5-8H2,1-4H3. The van der Waals surface area contributed by atoms with Crippen LogP contribution in [0.2, 0.25) is 0 Å². The minimum absolute atomic E-state index is 0.413. The van der Waals surface area contributed by atoms with E-state index in [1.807, 2.05) is 6.20 Å². The quantitative estimate of drug-likeness (QED) is 0.780. The van der Waals surface area contributed by atoms with Gasteiger partial charge in [0, 0.05) is 23.8 Å². The predicted octanol–water partition coefficient (Wildman–Crippen LogP) is 2.66. The van der Waals surface area contributed by atoms with Gasteiger partial charge in [0.05, 0.1) is 6.20 Å². The molecule has 86 valence electrons. The van der Waals surface area contributed by atoms with Crippen LogP contribution in [0.25, 0.3) is 0 Å². The number of hydrogen-bond acceptors (Lipinski definition) is 2. The number of hydrogen-bond donors (Lipinski definition) is 1. The fraction of sp³-hybridized carbons (Fsp3) is 0.750. The van der Waals surface area contributed by atoms with E-state index in [1.54, 1.807) is 0 Å². The van der Waals surface area contributed by atoms with Gasteiger partial charge in [-0.05, 0) is 33.2 Å².